The van der Waals surface area contributed by atoms with Gasteiger partial charge in [-0.2, -0.15) is 0 Å². The normalized spacial score (nSPS) is 11.0. The monoisotopic (exact) mass is 576 g/mol. The molecule has 0 aliphatic carbocycles. The van der Waals surface area contributed by atoms with Crippen molar-refractivity contribution in [3.05, 3.63) is 163 Å². The van der Waals surface area contributed by atoms with E-state index in [-0.39, 0.29) is 5.75 Å². The largest absolute Gasteiger partial charge is 0.507 e. The van der Waals surface area contributed by atoms with Gasteiger partial charge in [0.25, 0.3) is 0 Å². The van der Waals surface area contributed by atoms with Crippen LogP contribution in [0.2, 0.25) is 0 Å². The van der Waals surface area contributed by atoms with Gasteiger partial charge in [-0.05, 0) is 57.0 Å². The van der Waals surface area contributed by atoms with E-state index in [0.717, 1.165) is 34.2 Å². The summed E-state index contributed by atoms with van der Waals surface area (Å²) in [7, 11) is 0. The molecule has 0 radical (unpaired) electrons. The molecule has 0 heterocycles. The minimum Gasteiger partial charge on any atom is -0.507 e. The van der Waals surface area contributed by atoms with Crippen LogP contribution in [0.5, 0.6) is 5.75 Å². The van der Waals surface area contributed by atoms with Crippen LogP contribution in [0, 0.1) is 0 Å². The fraction of sp³-hybridized carbons (Fsp3) is 0.122. The summed E-state index contributed by atoms with van der Waals surface area (Å²) in [6.45, 7) is 2.21. The van der Waals surface area contributed by atoms with Gasteiger partial charge in [0.05, 0.1) is 13.2 Å². The molecule has 0 saturated heterocycles. The third kappa shape index (κ3) is 6.98. The number of rotatable bonds is 12. The molecule has 0 spiro atoms. The first-order valence-electron chi connectivity index (χ1n) is 15.1. The van der Waals surface area contributed by atoms with Gasteiger partial charge in [0.15, 0.2) is 0 Å². The van der Waals surface area contributed by atoms with Crippen molar-refractivity contribution < 1.29 is 14.6 Å². The number of hydrogen-bond donors (Lipinski definition) is 1. The Hall–Kier alpha value is -4.96. The molecule has 0 aromatic heterocycles. The van der Waals surface area contributed by atoms with Gasteiger partial charge in [0.2, 0.25) is 0 Å². The van der Waals surface area contributed by atoms with Crippen LogP contribution in [0.4, 0.5) is 0 Å². The van der Waals surface area contributed by atoms with Crippen molar-refractivity contribution >= 4 is 0 Å². The summed E-state index contributed by atoms with van der Waals surface area (Å²) in [5.74, 6) is 0.284. The fourth-order valence-electron chi connectivity index (χ4n) is 5.57. The van der Waals surface area contributed by atoms with E-state index in [1.165, 1.54) is 27.8 Å². The van der Waals surface area contributed by atoms with Crippen molar-refractivity contribution in [2.75, 3.05) is 13.2 Å². The molecule has 0 aliphatic rings. The first-order valence-corrected chi connectivity index (χ1v) is 15.1. The second-order valence-corrected chi connectivity index (χ2v) is 10.8. The van der Waals surface area contributed by atoms with Crippen LogP contribution in [0.3, 0.4) is 0 Å². The predicted octanol–water partition coefficient (Wildman–Crippen LogP) is 10.2. The maximum absolute atomic E-state index is 11.2. The van der Waals surface area contributed by atoms with E-state index < -0.39 is 0 Å². The molecule has 0 aliphatic heterocycles. The summed E-state index contributed by atoms with van der Waals surface area (Å²) < 4.78 is 12.2. The average Bonchev–Trinajstić information content (AvgIpc) is 3.09. The molecule has 218 valence electrons. The molecular formula is C41H36O3. The van der Waals surface area contributed by atoms with Gasteiger partial charge < -0.3 is 14.6 Å². The van der Waals surface area contributed by atoms with Crippen LogP contribution >= 0.6 is 0 Å². The van der Waals surface area contributed by atoms with Crippen molar-refractivity contribution in [1.82, 2.24) is 0 Å². The predicted molar refractivity (Wildman–Crippen MR) is 180 cm³/mol. The molecule has 6 rings (SSSR count). The van der Waals surface area contributed by atoms with E-state index in [4.69, 9.17) is 9.47 Å². The molecule has 3 heteroatoms. The Balaban J connectivity index is 1.03. The van der Waals surface area contributed by atoms with Crippen molar-refractivity contribution in [2.24, 2.45) is 0 Å². The molecule has 0 saturated carbocycles. The molecular weight excluding hydrogens is 540 g/mol. The molecule has 0 bridgehead atoms. The summed E-state index contributed by atoms with van der Waals surface area (Å²) in [5, 5.41) is 11.2. The quantitative estimate of drug-likeness (QED) is 0.147. The maximum Gasteiger partial charge on any atom is 0.131 e. The van der Waals surface area contributed by atoms with Gasteiger partial charge in [-0.25, -0.2) is 0 Å². The zero-order chi connectivity index (χ0) is 30.0. The highest BCUT2D eigenvalue weighted by atomic mass is 16.5. The first kappa shape index (κ1) is 29.1. The number of hydrogen-bond acceptors (Lipinski definition) is 3. The Morgan fingerprint density at radius 2 is 0.864 bits per heavy atom. The third-order valence-electron chi connectivity index (χ3n) is 7.82. The fourth-order valence-corrected chi connectivity index (χ4v) is 5.57. The van der Waals surface area contributed by atoms with Crippen LogP contribution in [0.15, 0.2) is 152 Å². The van der Waals surface area contributed by atoms with E-state index in [1.807, 2.05) is 72.8 Å². The van der Waals surface area contributed by atoms with E-state index in [9.17, 15) is 5.11 Å². The Morgan fingerprint density at radius 1 is 0.386 bits per heavy atom. The van der Waals surface area contributed by atoms with Gasteiger partial charge in [-0.3, -0.25) is 0 Å². The number of ether oxygens (including phenoxy) is 2. The molecule has 3 nitrogen and oxygen atoms in total. The highest BCUT2D eigenvalue weighted by molar-refractivity contribution is 5.83. The van der Waals surface area contributed by atoms with Gasteiger partial charge in [0, 0.05) is 24.3 Å². The van der Waals surface area contributed by atoms with E-state index in [2.05, 4.69) is 78.9 Å². The van der Waals surface area contributed by atoms with Crippen molar-refractivity contribution in [3.8, 4) is 50.3 Å². The Labute approximate surface area is 260 Å². The number of aromatic hydroxyl groups is 1. The first-order chi connectivity index (χ1) is 21.8. The minimum atomic E-state index is 0.284. The molecule has 0 atom stereocenters. The average molecular weight is 577 g/mol. The van der Waals surface area contributed by atoms with Crippen LogP contribution < -0.4 is 0 Å². The lowest BCUT2D eigenvalue weighted by atomic mass is 9.94. The van der Waals surface area contributed by atoms with E-state index in [1.54, 1.807) is 0 Å². The smallest absolute Gasteiger partial charge is 0.131 e. The number of phenolic OH excluding ortho intramolecular Hbond substituents is 1. The van der Waals surface area contributed by atoms with Gasteiger partial charge in [0.1, 0.15) is 5.75 Å². The molecule has 1 N–H and O–H groups in total. The Kier molecular flexibility index (Phi) is 9.58. The summed E-state index contributed by atoms with van der Waals surface area (Å²) in [4.78, 5) is 0. The summed E-state index contributed by atoms with van der Waals surface area (Å²) in [6.07, 6.45) is 0.794. The minimum absolute atomic E-state index is 0.284. The van der Waals surface area contributed by atoms with E-state index >= 15 is 0 Å². The summed E-state index contributed by atoms with van der Waals surface area (Å²) >= 11 is 0. The maximum atomic E-state index is 11.2. The Bertz CT molecular complexity index is 1790. The molecule has 0 fully saturated rings. The second kappa shape index (κ2) is 14.5. The molecule has 0 amide bonds. The molecule has 6 aromatic rings. The second-order valence-electron chi connectivity index (χ2n) is 10.8. The van der Waals surface area contributed by atoms with Crippen LogP contribution in [0.1, 0.15) is 17.5 Å². The number of phenols is 1. The number of benzene rings is 6. The lowest BCUT2D eigenvalue weighted by molar-refractivity contribution is 0.0698. The summed E-state index contributed by atoms with van der Waals surface area (Å²) in [5.41, 5.74) is 10.6. The molecule has 0 unspecified atom stereocenters. The lowest BCUT2D eigenvalue weighted by Crippen LogP contribution is -2.03. The highest BCUT2D eigenvalue weighted by Gasteiger charge is 2.13. The lowest BCUT2D eigenvalue weighted by Gasteiger charge is -2.14. The van der Waals surface area contributed by atoms with Gasteiger partial charge >= 0.3 is 0 Å². The zero-order valence-corrected chi connectivity index (χ0v) is 24.7. The van der Waals surface area contributed by atoms with Crippen molar-refractivity contribution in [3.63, 3.8) is 0 Å². The number of para-hydroxylation sites is 1. The zero-order valence-electron chi connectivity index (χ0n) is 24.7. The highest BCUT2D eigenvalue weighted by Crippen LogP contribution is 2.39. The van der Waals surface area contributed by atoms with Crippen LogP contribution in [-0.4, -0.2) is 18.3 Å². The SMILES string of the molecule is Oc1c(-c2ccccc2)cccc1-c1ccccc1COCCCOCc1ccccc1-c1cccc(-c2ccccc2)c1. The summed E-state index contributed by atoms with van der Waals surface area (Å²) in [6, 6.07) is 51.6. The third-order valence-corrected chi connectivity index (χ3v) is 7.82. The van der Waals surface area contributed by atoms with Crippen LogP contribution in [0.25, 0.3) is 44.5 Å². The topological polar surface area (TPSA) is 38.7 Å². The van der Waals surface area contributed by atoms with Gasteiger partial charge in [-0.15, -0.1) is 0 Å². The van der Waals surface area contributed by atoms with Crippen molar-refractivity contribution in [2.45, 2.75) is 19.6 Å². The standard InChI is InChI=1S/C41H36O3/c42-41-39(32-16-5-2-6-17-32)24-12-25-40(41)38-23-10-8-19-36(38)30-44-27-13-26-43-29-35-18-7-9-22-37(35)34-21-11-20-33(28-34)31-14-3-1-4-15-31/h1-12,14-25,28,42H,13,26-27,29-30H2. The van der Waals surface area contributed by atoms with Crippen LogP contribution in [-0.2, 0) is 22.7 Å². The molecule has 6 aromatic carbocycles. The Morgan fingerprint density at radius 3 is 1.57 bits per heavy atom. The van der Waals surface area contributed by atoms with Gasteiger partial charge in [-0.1, -0.05) is 146 Å². The van der Waals surface area contributed by atoms with Crippen molar-refractivity contribution in [1.29, 1.82) is 0 Å². The molecule has 44 heavy (non-hydrogen) atoms. The van der Waals surface area contributed by atoms with E-state index in [0.29, 0.717) is 26.4 Å².